The molecule has 166 valence electrons. The summed E-state index contributed by atoms with van der Waals surface area (Å²) in [6, 6.07) is 10.4. The van der Waals surface area contributed by atoms with E-state index < -0.39 is 36.6 Å². The largest absolute Gasteiger partial charge is 0.496 e. The highest BCUT2D eigenvalue weighted by Crippen LogP contribution is 2.45. The van der Waals surface area contributed by atoms with Crippen molar-refractivity contribution in [1.29, 1.82) is 0 Å². The summed E-state index contributed by atoms with van der Waals surface area (Å²) in [6.07, 6.45) is 0.756. The number of H-pyrrole nitrogens is 1. The van der Waals surface area contributed by atoms with E-state index in [1.54, 1.807) is 0 Å². The second-order valence-electron chi connectivity index (χ2n) is 10.7. The Morgan fingerprint density at radius 2 is 1.26 bits per heavy atom. The SMILES string of the molecule is CCC(B1OC(C)(C)C(C)(C)O1)=C(B1OC(C)(C)C(C)(C)O1)c1cc2ccccc2[nH]1. The Morgan fingerprint density at radius 3 is 1.74 bits per heavy atom. The van der Waals surface area contributed by atoms with Crippen LogP contribution in [0.3, 0.4) is 0 Å². The number of aromatic nitrogens is 1. The van der Waals surface area contributed by atoms with E-state index in [0.29, 0.717) is 0 Å². The number of fused-ring (bicyclic) bond motifs is 1. The highest BCUT2D eigenvalue weighted by atomic mass is 16.7. The van der Waals surface area contributed by atoms with E-state index in [-0.39, 0.29) is 0 Å². The van der Waals surface area contributed by atoms with Gasteiger partial charge in [0.15, 0.2) is 0 Å². The fourth-order valence-corrected chi connectivity index (χ4v) is 4.10. The number of hydrogen-bond acceptors (Lipinski definition) is 4. The van der Waals surface area contributed by atoms with Crippen molar-refractivity contribution in [3.63, 3.8) is 0 Å². The lowest BCUT2D eigenvalue weighted by Crippen LogP contribution is -2.41. The molecule has 2 aromatic rings. The van der Waals surface area contributed by atoms with Gasteiger partial charge in [-0.25, -0.2) is 0 Å². The third-order valence-electron chi connectivity index (χ3n) is 7.57. The van der Waals surface area contributed by atoms with Crippen molar-refractivity contribution < 1.29 is 18.6 Å². The summed E-state index contributed by atoms with van der Waals surface area (Å²) in [5.74, 6) is 0. The van der Waals surface area contributed by atoms with E-state index in [2.05, 4.69) is 85.5 Å². The first-order valence-electron chi connectivity index (χ1n) is 11.3. The molecule has 31 heavy (non-hydrogen) atoms. The van der Waals surface area contributed by atoms with Gasteiger partial charge in [0.2, 0.25) is 0 Å². The number of rotatable bonds is 4. The van der Waals surface area contributed by atoms with Gasteiger partial charge in [-0.1, -0.05) is 25.1 Å². The molecule has 0 atom stereocenters. The van der Waals surface area contributed by atoms with Gasteiger partial charge in [-0.05, 0) is 84.8 Å². The van der Waals surface area contributed by atoms with E-state index in [1.165, 1.54) is 0 Å². The van der Waals surface area contributed by atoms with Gasteiger partial charge < -0.3 is 23.6 Å². The van der Waals surface area contributed by atoms with Crippen LogP contribution in [0, 0.1) is 0 Å². The lowest BCUT2D eigenvalue weighted by atomic mass is 9.62. The van der Waals surface area contributed by atoms with Crippen molar-refractivity contribution >= 4 is 30.6 Å². The number of hydrogen-bond donors (Lipinski definition) is 1. The number of para-hydroxylation sites is 1. The minimum absolute atomic E-state index is 0.417. The van der Waals surface area contributed by atoms with Crippen LogP contribution in [-0.4, -0.2) is 41.6 Å². The van der Waals surface area contributed by atoms with Gasteiger partial charge in [-0.2, -0.15) is 0 Å². The fourth-order valence-electron chi connectivity index (χ4n) is 4.10. The molecule has 2 aliphatic rings. The van der Waals surface area contributed by atoms with Gasteiger partial charge in [-0.3, -0.25) is 0 Å². The monoisotopic (exact) mass is 423 g/mol. The molecule has 2 aliphatic heterocycles. The Labute approximate surface area is 187 Å². The zero-order chi connectivity index (χ0) is 22.8. The summed E-state index contributed by atoms with van der Waals surface area (Å²) in [5, 5.41) is 1.15. The summed E-state index contributed by atoms with van der Waals surface area (Å²) in [5.41, 5.74) is 2.36. The van der Waals surface area contributed by atoms with Crippen molar-refractivity contribution in [2.24, 2.45) is 0 Å². The molecule has 2 fully saturated rings. The van der Waals surface area contributed by atoms with E-state index in [4.69, 9.17) is 18.6 Å². The summed E-state index contributed by atoms with van der Waals surface area (Å²) < 4.78 is 25.9. The van der Waals surface area contributed by atoms with Gasteiger partial charge in [0.25, 0.3) is 0 Å². The number of allylic oxidation sites excluding steroid dienone is 1. The van der Waals surface area contributed by atoms with E-state index in [0.717, 1.165) is 34.0 Å². The minimum Gasteiger partial charge on any atom is -0.400 e. The van der Waals surface area contributed by atoms with Crippen LogP contribution >= 0.6 is 0 Å². The maximum atomic E-state index is 6.51. The average Bonchev–Trinajstić information content (AvgIpc) is 3.22. The van der Waals surface area contributed by atoms with Crippen LogP contribution in [0.5, 0.6) is 0 Å². The van der Waals surface area contributed by atoms with Gasteiger partial charge in [0, 0.05) is 16.7 Å². The summed E-state index contributed by atoms with van der Waals surface area (Å²) in [4.78, 5) is 3.58. The Morgan fingerprint density at radius 1 is 0.774 bits per heavy atom. The van der Waals surface area contributed by atoms with Crippen molar-refractivity contribution in [1.82, 2.24) is 4.98 Å². The number of benzene rings is 1. The summed E-state index contributed by atoms with van der Waals surface area (Å²) >= 11 is 0. The normalized spacial score (nSPS) is 24.7. The van der Waals surface area contributed by atoms with Crippen LogP contribution < -0.4 is 0 Å². The smallest absolute Gasteiger partial charge is 0.400 e. The van der Waals surface area contributed by atoms with Crippen LogP contribution in [-0.2, 0) is 18.6 Å². The predicted octanol–water partition coefficient (Wildman–Crippen LogP) is 5.59. The van der Waals surface area contributed by atoms with Gasteiger partial charge in [-0.15, -0.1) is 0 Å². The quantitative estimate of drug-likeness (QED) is 0.652. The molecule has 0 aliphatic carbocycles. The van der Waals surface area contributed by atoms with E-state index >= 15 is 0 Å². The van der Waals surface area contributed by atoms with Gasteiger partial charge in [0.05, 0.1) is 22.4 Å². The third kappa shape index (κ3) is 3.70. The molecule has 5 nitrogen and oxygen atoms in total. The first-order valence-corrected chi connectivity index (χ1v) is 11.3. The number of nitrogens with one attached hydrogen (secondary N) is 1. The molecule has 0 spiro atoms. The van der Waals surface area contributed by atoms with Crippen LogP contribution in [0.15, 0.2) is 35.8 Å². The van der Waals surface area contributed by atoms with Crippen molar-refractivity contribution in [3.05, 3.63) is 41.5 Å². The second-order valence-corrected chi connectivity index (χ2v) is 10.7. The summed E-state index contributed by atoms with van der Waals surface area (Å²) in [6.45, 7) is 18.8. The summed E-state index contributed by atoms with van der Waals surface area (Å²) in [7, 11) is -0.984. The van der Waals surface area contributed by atoms with Crippen LogP contribution in [0.2, 0.25) is 0 Å². The Kier molecular flexibility index (Phi) is 5.29. The fraction of sp³-hybridized carbons (Fsp3) is 0.583. The minimum atomic E-state index is -0.521. The van der Waals surface area contributed by atoms with Crippen molar-refractivity contribution in [2.45, 2.75) is 91.1 Å². The molecule has 2 saturated heterocycles. The maximum absolute atomic E-state index is 6.51. The highest BCUT2D eigenvalue weighted by molar-refractivity contribution is 6.73. The molecule has 0 radical (unpaired) electrons. The van der Waals surface area contributed by atoms with Crippen LogP contribution in [0.1, 0.15) is 74.4 Å². The first-order chi connectivity index (χ1) is 14.3. The van der Waals surface area contributed by atoms with E-state index in [1.807, 2.05) is 12.1 Å². The zero-order valence-electron chi connectivity index (χ0n) is 20.4. The third-order valence-corrected chi connectivity index (χ3v) is 7.57. The van der Waals surface area contributed by atoms with E-state index in [9.17, 15) is 0 Å². The highest BCUT2D eigenvalue weighted by Gasteiger charge is 2.56. The zero-order valence-corrected chi connectivity index (χ0v) is 20.4. The second kappa shape index (κ2) is 7.24. The molecule has 1 aromatic carbocycles. The lowest BCUT2D eigenvalue weighted by molar-refractivity contribution is 0.00578. The standard InChI is InChI=1S/C24H35B2NO4/c1-10-17(25-28-21(2,3)22(4,5)29-25)20(26-30-23(6,7)24(8,9)31-26)19-15-16-13-11-12-14-18(16)27-19/h11-15,27H,10H2,1-9H3. The molecule has 4 rings (SSSR count). The van der Waals surface area contributed by atoms with Crippen molar-refractivity contribution in [2.75, 3.05) is 0 Å². The molecule has 0 bridgehead atoms. The Bertz CT molecular complexity index is 957. The van der Waals surface area contributed by atoms with Gasteiger partial charge >= 0.3 is 14.2 Å². The molecular weight excluding hydrogens is 388 g/mol. The molecule has 3 heterocycles. The van der Waals surface area contributed by atoms with Crippen LogP contribution in [0.4, 0.5) is 0 Å². The molecule has 1 N–H and O–H groups in total. The van der Waals surface area contributed by atoms with Gasteiger partial charge in [0.1, 0.15) is 0 Å². The molecular formula is C24H35B2NO4. The molecule has 0 amide bonds. The van der Waals surface area contributed by atoms with Crippen molar-refractivity contribution in [3.8, 4) is 0 Å². The molecule has 7 heteroatoms. The topological polar surface area (TPSA) is 52.7 Å². The molecule has 0 saturated carbocycles. The van der Waals surface area contributed by atoms with Crippen LogP contribution in [0.25, 0.3) is 16.4 Å². The first kappa shape index (κ1) is 22.7. The maximum Gasteiger partial charge on any atom is 0.496 e. The molecule has 0 unspecified atom stereocenters. The Balaban J connectivity index is 1.87. The number of aromatic amines is 1. The Hall–Kier alpha value is -1.53. The molecule has 1 aromatic heterocycles. The predicted molar refractivity (Wildman–Crippen MR) is 128 cm³/mol. The lowest BCUT2D eigenvalue weighted by Gasteiger charge is -2.32. The average molecular weight is 423 g/mol.